The lowest BCUT2D eigenvalue weighted by Crippen LogP contribution is -2.51. The zero-order valence-corrected chi connectivity index (χ0v) is 16.4. The van der Waals surface area contributed by atoms with Crippen LogP contribution in [0.3, 0.4) is 0 Å². The van der Waals surface area contributed by atoms with E-state index in [0.717, 1.165) is 61.3 Å². The van der Waals surface area contributed by atoms with Gasteiger partial charge in [0.05, 0.1) is 17.5 Å². The first-order valence-corrected chi connectivity index (χ1v) is 10.2. The van der Waals surface area contributed by atoms with E-state index in [-0.39, 0.29) is 11.3 Å². The number of piperazine rings is 1. The lowest BCUT2D eigenvalue weighted by atomic mass is 9.94. The van der Waals surface area contributed by atoms with Crippen molar-refractivity contribution < 1.29 is 4.79 Å². The Morgan fingerprint density at radius 3 is 2.34 bits per heavy atom. The Kier molecular flexibility index (Phi) is 4.43. The molecule has 2 heterocycles. The van der Waals surface area contributed by atoms with Gasteiger partial charge in [-0.15, -0.1) is 0 Å². The largest absolute Gasteiger partial charge is 0.383 e. The molecule has 3 aromatic rings. The van der Waals surface area contributed by atoms with E-state index >= 15 is 0 Å². The summed E-state index contributed by atoms with van der Waals surface area (Å²) < 4.78 is 0. The number of carbonyl (C=O) groups is 1. The van der Waals surface area contributed by atoms with Crippen LogP contribution in [-0.2, 0) is 16.8 Å². The van der Waals surface area contributed by atoms with Crippen LogP contribution in [-0.4, -0.2) is 51.9 Å². The number of rotatable bonds is 4. The van der Waals surface area contributed by atoms with E-state index in [4.69, 9.17) is 5.73 Å². The van der Waals surface area contributed by atoms with Crippen LogP contribution in [0, 0.1) is 0 Å². The average molecular weight is 387 g/mol. The second-order valence-electron chi connectivity index (χ2n) is 8.06. The van der Waals surface area contributed by atoms with Crippen LogP contribution >= 0.6 is 0 Å². The first-order valence-electron chi connectivity index (χ1n) is 10.2. The van der Waals surface area contributed by atoms with Crippen molar-refractivity contribution in [1.29, 1.82) is 0 Å². The monoisotopic (exact) mass is 387 g/mol. The van der Waals surface area contributed by atoms with Crippen LogP contribution in [0.15, 0.2) is 54.6 Å². The second-order valence-corrected chi connectivity index (χ2v) is 8.06. The third-order valence-corrected chi connectivity index (χ3v) is 6.19. The molecule has 1 saturated carbocycles. The number of fused-ring (bicyclic) bond motifs is 1. The molecule has 6 heteroatoms. The molecular formula is C23H25N5O. The van der Waals surface area contributed by atoms with Crippen molar-refractivity contribution in [2.24, 2.45) is 0 Å². The maximum absolute atomic E-state index is 13.2. The minimum Gasteiger partial charge on any atom is -0.383 e. The molecule has 0 unspecified atom stereocenters. The number of carbonyl (C=O) groups excluding carboxylic acids is 1. The summed E-state index contributed by atoms with van der Waals surface area (Å²) in [6.07, 6.45) is 1.92. The van der Waals surface area contributed by atoms with E-state index in [9.17, 15) is 4.79 Å². The molecule has 0 radical (unpaired) electrons. The van der Waals surface area contributed by atoms with Gasteiger partial charge in [0, 0.05) is 31.6 Å². The van der Waals surface area contributed by atoms with E-state index in [1.165, 1.54) is 0 Å². The number of aromatic nitrogens is 2. The van der Waals surface area contributed by atoms with Crippen molar-refractivity contribution in [3.8, 4) is 0 Å². The molecule has 2 aromatic carbocycles. The number of hydrogen-bond donors (Lipinski definition) is 1. The molecule has 1 saturated heterocycles. The summed E-state index contributed by atoms with van der Waals surface area (Å²) in [6.45, 7) is 3.80. The fraction of sp³-hybridized carbons (Fsp3) is 0.348. The fourth-order valence-electron chi connectivity index (χ4n) is 4.34. The zero-order valence-electron chi connectivity index (χ0n) is 16.4. The molecule has 0 spiro atoms. The highest BCUT2D eigenvalue weighted by atomic mass is 16.2. The topological polar surface area (TPSA) is 75.3 Å². The number of nitrogen functional groups attached to an aromatic ring is 1. The van der Waals surface area contributed by atoms with Gasteiger partial charge in [-0.2, -0.15) is 0 Å². The van der Waals surface area contributed by atoms with Gasteiger partial charge in [0.25, 0.3) is 0 Å². The molecule has 148 valence electrons. The Labute approximate surface area is 170 Å². The summed E-state index contributed by atoms with van der Waals surface area (Å²) in [7, 11) is 0. The Hall–Kier alpha value is -2.99. The summed E-state index contributed by atoms with van der Waals surface area (Å²) in [5.74, 6) is 1.55. The molecule has 1 aliphatic carbocycles. The number of benzene rings is 2. The third-order valence-electron chi connectivity index (χ3n) is 6.19. The molecule has 2 N–H and O–H groups in total. The molecule has 0 atom stereocenters. The second kappa shape index (κ2) is 7.12. The quantitative estimate of drug-likeness (QED) is 0.745. The molecule has 1 aromatic heterocycles. The Morgan fingerprint density at radius 2 is 1.62 bits per heavy atom. The smallest absolute Gasteiger partial charge is 0.233 e. The van der Waals surface area contributed by atoms with Gasteiger partial charge in [0.2, 0.25) is 5.91 Å². The number of amides is 1. The molecule has 1 amide bonds. The van der Waals surface area contributed by atoms with Crippen LogP contribution < -0.4 is 5.73 Å². The summed E-state index contributed by atoms with van der Waals surface area (Å²) in [6, 6.07) is 18.0. The SMILES string of the molecule is Nc1nc(CN2CCN(C(=O)C3(c4ccccc4)CC3)CC2)nc2ccccc12. The summed E-state index contributed by atoms with van der Waals surface area (Å²) in [4.78, 5) is 26.7. The summed E-state index contributed by atoms with van der Waals surface area (Å²) in [5, 5.41) is 0.891. The van der Waals surface area contributed by atoms with E-state index in [1.807, 2.05) is 47.4 Å². The van der Waals surface area contributed by atoms with Crippen molar-refractivity contribution in [3.63, 3.8) is 0 Å². The normalized spacial score (nSPS) is 18.7. The van der Waals surface area contributed by atoms with E-state index < -0.39 is 0 Å². The van der Waals surface area contributed by atoms with Crippen molar-refractivity contribution in [1.82, 2.24) is 19.8 Å². The number of anilines is 1. The Bertz CT molecular complexity index is 1040. The molecule has 0 bridgehead atoms. The summed E-state index contributed by atoms with van der Waals surface area (Å²) >= 11 is 0. The molecule has 5 rings (SSSR count). The molecule has 1 aliphatic heterocycles. The predicted molar refractivity (Wildman–Crippen MR) is 113 cm³/mol. The highest BCUT2D eigenvalue weighted by molar-refractivity contribution is 5.91. The highest BCUT2D eigenvalue weighted by Gasteiger charge is 2.53. The molecule has 2 fully saturated rings. The van der Waals surface area contributed by atoms with Gasteiger partial charge in [-0.25, -0.2) is 9.97 Å². The van der Waals surface area contributed by atoms with Gasteiger partial charge in [0.15, 0.2) is 0 Å². The van der Waals surface area contributed by atoms with E-state index in [2.05, 4.69) is 27.0 Å². The average Bonchev–Trinajstić information content (AvgIpc) is 3.57. The minimum atomic E-state index is -0.278. The van der Waals surface area contributed by atoms with E-state index in [0.29, 0.717) is 12.4 Å². The van der Waals surface area contributed by atoms with Gasteiger partial charge in [0.1, 0.15) is 11.6 Å². The van der Waals surface area contributed by atoms with Crippen LogP contribution in [0.2, 0.25) is 0 Å². The van der Waals surface area contributed by atoms with Gasteiger partial charge < -0.3 is 10.6 Å². The Morgan fingerprint density at radius 1 is 0.931 bits per heavy atom. The minimum absolute atomic E-state index is 0.278. The van der Waals surface area contributed by atoms with Gasteiger partial charge in [-0.1, -0.05) is 42.5 Å². The maximum Gasteiger partial charge on any atom is 0.233 e. The first-order chi connectivity index (χ1) is 14.2. The fourth-order valence-corrected chi connectivity index (χ4v) is 4.34. The van der Waals surface area contributed by atoms with Gasteiger partial charge >= 0.3 is 0 Å². The number of para-hydroxylation sites is 1. The van der Waals surface area contributed by atoms with Crippen molar-refractivity contribution in [3.05, 3.63) is 66.0 Å². The number of nitrogens with zero attached hydrogens (tertiary/aromatic N) is 4. The molecule has 2 aliphatic rings. The number of hydrogen-bond acceptors (Lipinski definition) is 5. The lowest BCUT2D eigenvalue weighted by molar-refractivity contribution is -0.135. The Balaban J connectivity index is 1.24. The standard InChI is InChI=1S/C23H25N5O/c24-21-18-8-4-5-9-19(18)25-20(26-21)16-27-12-14-28(15-13-27)22(29)23(10-11-23)17-6-2-1-3-7-17/h1-9H,10-16H2,(H2,24,25,26). The molecular weight excluding hydrogens is 362 g/mol. The van der Waals surface area contributed by atoms with Crippen LogP contribution in [0.1, 0.15) is 24.2 Å². The zero-order chi connectivity index (χ0) is 19.8. The van der Waals surface area contributed by atoms with Crippen molar-refractivity contribution in [2.75, 3.05) is 31.9 Å². The van der Waals surface area contributed by atoms with Crippen LogP contribution in [0.5, 0.6) is 0 Å². The van der Waals surface area contributed by atoms with Crippen LogP contribution in [0.4, 0.5) is 5.82 Å². The summed E-state index contributed by atoms with van der Waals surface area (Å²) in [5.41, 5.74) is 7.87. The van der Waals surface area contributed by atoms with Crippen molar-refractivity contribution >= 4 is 22.6 Å². The van der Waals surface area contributed by atoms with Gasteiger partial charge in [-0.3, -0.25) is 9.69 Å². The third kappa shape index (κ3) is 3.34. The van der Waals surface area contributed by atoms with Crippen LogP contribution in [0.25, 0.3) is 10.9 Å². The van der Waals surface area contributed by atoms with E-state index in [1.54, 1.807) is 0 Å². The van der Waals surface area contributed by atoms with Gasteiger partial charge in [-0.05, 0) is 30.5 Å². The predicted octanol–water partition coefficient (Wildman–Crippen LogP) is 2.59. The molecule has 6 nitrogen and oxygen atoms in total. The van der Waals surface area contributed by atoms with Crippen molar-refractivity contribution in [2.45, 2.75) is 24.8 Å². The molecule has 29 heavy (non-hydrogen) atoms. The highest BCUT2D eigenvalue weighted by Crippen LogP contribution is 2.49. The maximum atomic E-state index is 13.2. The first kappa shape index (κ1) is 18.1. The number of nitrogens with two attached hydrogens (primary N) is 1. The lowest BCUT2D eigenvalue weighted by Gasteiger charge is -2.36.